The lowest BCUT2D eigenvalue weighted by atomic mass is 9.99. The third-order valence-corrected chi connectivity index (χ3v) is 5.74. The van der Waals surface area contributed by atoms with Crippen molar-refractivity contribution in [1.29, 1.82) is 0 Å². The van der Waals surface area contributed by atoms with Gasteiger partial charge in [0.2, 0.25) is 11.8 Å². The van der Waals surface area contributed by atoms with Gasteiger partial charge in [0, 0.05) is 31.7 Å². The Morgan fingerprint density at radius 1 is 1.18 bits per heavy atom. The van der Waals surface area contributed by atoms with E-state index in [9.17, 15) is 9.59 Å². The molecule has 146 valence electrons. The number of ether oxygens (including phenoxy) is 1. The van der Waals surface area contributed by atoms with E-state index >= 15 is 0 Å². The number of anilines is 1. The first kappa shape index (κ1) is 18.5. The lowest BCUT2D eigenvalue weighted by Gasteiger charge is -2.31. The molecule has 5 nitrogen and oxygen atoms in total. The van der Waals surface area contributed by atoms with Crippen molar-refractivity contribution in [1.82, 2.24) is 4.90 Å². The molecule has 0 saturated carbocycles. The average molecular weight is 378 g/mol. The predicted octanol–water partition coefficient (Wildman–Crippen LogP) is 3.07. The number of rotatable bonds is 5. The molecule has 1 unspecified atom stereocenters. The van der Waals surface area contributed by atoms with Crippen LogP contribution in [-0.2, 0) is 22.4 Å². The molecule has 2 aliphatic heterocycles. The van der Waals surface area contributed by atoms with Crippen LogP contribution in [0.3, 0.4) is 0 Å². The zero-order valence-corrected chi connectivity index (χ0v) is 16.3. The lowest BCUT2D eigenvalue weighted by Crippen LogP contribution is -2.40. The second kappa shape index (κ2) is 8.05. The number of hydrogen-bond acceptors (Lipinski definition) is 3. The summed E-state index contributed by atoms with van der Waals surface area (Å²) in [6, 6.07) is 16.0. The zero-order chi connectivity index (χ0) is 19.5. The van der Waals surface area contributed by atoms with Crippen LogP contribution in [0.15, 0.2) is 48.5 Å². The topological polar surface area (TPSA) is 49.9 Å². The Morgan fingerprint density at radius 3 is 2.89 bits per heavy atom. The second-order valence-electron chi connectivity index (χ2n) is 7.56. The fourth-order valence-corrected chi connectivity index (χ4v) is 4.23. The van der Waals surface area contributed by atoms with Gasteiger partial charge >= 0.3 is 0 Å². The first-order valence-electron chi connectivity index (χ1n) is 9.95. The molecule has 28 heavy (non-hydrogen) atoms. The maximum Gasteiger partial charge on any atom is 0.232 e. The molecule has 0 spiro atoms. The van der Waals surface area contributed by atoms with Crippen molar-refractivity contribution < 1.29 is 14.3 Å². The van der Waals surface area contributed by atoms with Gasteiger partial charge in [-0.25, -0.2) is 0 Å². The van der Waals surface area contributed by atoms with Gasteiger partial charge in [-0.05, 0) is 48.6 Å². The third-order valence-electron chi connectivity index (χ3n) is 5.74. The van der Waals surface area contributed by atoms with E-state index in [0.29, 0.717) is 19.5 Å². The second-order valence-corrected chi connectivity index (χ2v) is 7.56. The monoisotopic (exact) mass is 378 g/mol. The predicted molar refractivity (Wildman–Crippen MR) is 109 cm³/mol. The van der Waals surface area contributed by atoms with Crippen molar-refractivity contribution >= 4 is 17.5 Å². The fraction of sp³-hybridized carbons (Fsp3) is 0.391. The van der Waals surface area contributed by atoms with Gasteiger partial charge in [-0.15, -0.1) is 0 Å². The van der Waals surface area contributed by atoms with Gasteiger partial charge in [0.15, 0.2) is 0 Å². The number of carbonyl (C=O) groups is 2. The number of carbonyl (C=O) groups excluding carboxylic acids is 2. The van der Waals surface area contributed by atoms with E-state index in [4.69, 9.17) is 4.74 Å². The molecule has 2 aromatic rings. The summed E-state index contributed by atoms with van der Waals surface area (Å²) in [5, 5.41) is 0. The molecule has 0 radical (unpaired) electrons. The summed E-state index contributed by atoms with van der Waals surface area (Å²) < 4.78 is 5.26. The molecule has 0 aromatic heterocycles. The zero-order valence-electron chi connectivity index (χ0n) is 16.3. The Labute approximate surface area is 165 Å². The number of methoxy groups -OCH3 is 1. The summed E-state index contributed by atoms with van der Waals surface area (Å²) in [6.07, 6.45) is 3.06. The maximum atomic E-state index is 13.1. The molecule has 2 heterocycles. The highest BCUT2D eigenvalue weighted by atomic mass is 16.5. The molecule has 1 fully saturated rings. The number of fused-ring (bicyclic) bond motifs is 1. The standard InChI is InChI=1S/C23H26N2O3/c1-28-20-9-4-6-17(14-20)11-13-24-16-19(15-22(24)26)23(27)25-12-5-8-18-7-2-3-10-21(18)25/h2-4,6-7,9-10,14,19H,5,8,11-13,15-16H2,1H3. The SMILES string of the molecule is COc1cccc(CCN2CC(C(=O)N3CCCc4ccccc43)CC2=O)c1. The van der Waals surface area contributed by atoms with E-state index in [1.54, 1.807) is 7.11 Å². The highest BCUT2D eigenvalue weighted by Crippen LogP contribution is 2.30. The Bertz CT molecular complexity index is 880. The highest BCUT2D eigenvalue weighted by molar-refractivity contribution is 5.99. The van der Waals surface area contributed by atoms with Gasteiger partial charge in [-0.3, -0.25) is 9.59 Å². The summed E-state index contributed by atoms with van der Waals surface area (Å²) in [4.78, 5) is 29.4. The molecule has 0 bridgehead atoms. The molecule has 2 aromatic carbocycles. The van der Waals surface area contributed by atoms with E-state index in [1.807, 2.05) is 52.3 Å². The quantitative estimate of drug-likeness (QED) is 0.803. The van der Waals surface area contributed by atoms with Crippen LogP contribution < -0.4 is 9.64 Å². The molecule has 2 amide bonds. The maximum absolute atomic E-state index is 13.1. The van der Waals surface area contributed by atoms with Crippen LogP contribution in [0.1, 0.15) is 24.0 Å². The van der Waals surface area contributed by atoms with Crippen molar-refractivity contribution in [3.63, 3.8) is 0 Å². The highest BCUT2D eigenvalue weighted by Gasteiger charge is 2.37. The van der Waals surface area contributed by atoms with E-state index < -0.39 is 0 Å². The molecule has 1 atom stereocenters. The van der Waals surface area contributed by atoms with Crippen molar-refractivity contribution in [2.24, 2.45) is 5.92 Å². The summed E-state index contributed by atoms with van der Waals surface area (Å²) in [6.45, 7) is 1.89. The molecular formula is C23H26N2O3. The van der Waals surface area contributed by atoms with Crippen LogP contribution in [0.5, 0.6) is 5.75 Å². The van der Waals surface area contributed by atoms with Crippen molar-refractivity contribution in [2.75, 3.05) is 31.6 Å². The third kappa shape index (κ3) is 3.75. The molecule has 5 heteroatoms. The minimum Gasteiger partial charge on any atom is -0.497 e. The molecular weight excluding hydrogens is 352 g/mol. The Morgan fingerprint density at radius 2 is 2.04 bits per heavy atom. The molecule has 2 aliphatic rings. The molecule has 1 saturated heterocycles. The fourth-order valence-electron chi connectivity index (χ4n) is 4.23. The van der Waals surface area contributed by atoms with Crippen molar-refractivity contribution in [3.8, 4) is 5.75 Å². The molecule has 4 rings (SSSR count). The normalized spacial score (nSPS) is 18.9. The molecule has 0 N–H and O–H groups in total. The van der Waals surface area contributed by atoms with Crippen molar-refractivity contribution in [2.45, 2.75) is 25.7 Å². The number of benzene rings is 2. The first-order chi connectivity index (χ1) is 13.7. The van der Waals surface area contributed by atoms with Crippen LogP contribution in [0.4, 0.5) is 5.69 Å². The van der Waals surface area contributed by atoms with Crippen LogP contribution in [0, 0.1) is 5.92 Å². The largest absolute Gasteiger partial charge is 0.497 e. The van der Waals surface area contributed by atoms with Gasteiger partial charge < -0.3 is 14.5 Å². The first-order valence-corrected chi connectivity index (χ1v) is 9.95. The molecule has 0 aliphatic carbocycles. The van der Waals surface area contributed by atoms with Crippen LogP contribution >= 0.6 is 0 Å². The number of amides is 2. The number of nitrogens with zero attached hydrogens (tertiary/aromatic N) is 2. The number of aryl methyl sites for hydroxylation is 1. The van der Waals surface area contributed by atoms with Crippen LogP contribution in [0.2, 0.25) is 0 Å². The van der Waals surface area contributed by atoms with Gasteiger partial charge in [0.25, 0.3) is 0 Å². The van der Waals surface area contributed by atoms with Crippen LogP contribution in [0.25, 0.3) is 0 Å². The summed E-state index contributed by atoms with van der Waals surface area (Å²) >= 11 is 0. The van der Waals surface area contributed by atoms with Gasteiger partial charge in [-0.1, -0.05) is 30.3 Å². The number of likely N-dealkylation sites (tertiary alicyclic amines) is 1. The van der Waals surface area contributed by atoms with Crippen molar-refractivity contribution in [3.05, 3.63) is 59.7 Å². The van der Waals surface area contributed by atoms with Gasteiger partial charge in [0.05, 0.1) is 13.0 Å². The summed E-state index contributed by atoms with van der Waals surface area (Å²) in [7, 11) is 1.65. The Balaban J connectivity index is 1.40. The Kier molecular flexibility index (Phi) is 5.33. The number of hydrogen-bond donors (Lipinski definition) is 0. The summed E-state index contributed by atoms with van der Waals surface area (Å²) in [5.74, 6) is 0.738. The van der Waals surface area contributed by atoms with Gasteiger partial charge in [-0.2, -0.15) is 0 Å². The minimum atomic E-state index is -0.246. The van der Waals surface area contributed by atoms with Crippen LogP contribution in [-0.4, -0.2) is 43.5 Å². The lowest BCUT2D eigenvalue weighted by molar-refractivity contribution is -0.128. The Hall–Kier alpha value is -2.82. The van der Waals surface area contributed by atoms with Gasteiger partial charge in [0.1, 0.15) is 5.75 Å². The number of para-hydroxylation sites is 1. The minimum absolute atomic E-state index is 0.0755. The van der Waals surface area contributed by atoms with E-state index in [0.717, 1.165) is 42.8 Å². The average Bonchev–Trinajstić information content (AvgIpc) is 3.12. The smallest absolute Gasteiger partial charge is 0.232 e. The van der Waals surface area contributed by atoms with E-state index in [1.165, 1.54) is 5.56 Å². The summed E-state index contributed by atoms with van der Waals surface area (Å²) in [5.41, 5.74) is 3.37. The van der Waals surface area contributed by atoms with E-state index in [2.05, 4.69) is 6.07 Å². The van der Waals surface area contributed by atoms with E-state index in [-0.39, 0.29) is 17.7 Å².